The standard InChI is InChI=1S/C20H28FN3O.HI/c1-2-22-19(24-17-12-16-8-9-18(17)25-16)23-13-20(10-3-11-20)14-4-6-15(21)7-5-14;/h4-7,16-18H,2-3,8-13H2,1H3,(H2,22,23,24);1H. The summed E-state index contributed by atoms with van der Waals surface area (Å²) in [7, 11) is 0. The van der Waals surface area contributed by atoms with E-state index in [2.05, 4.69) is 17.6 Å². The van der Waals surface area contributed by atoms with Crippen molar-refractivity contribution in [2.45, 2.75) is 69.1 Å². The zero-order chi connectivity index (χ0) is 17.3. The van der Waals surface area contributed by atoms with Gasteiger partial charge < -0.3 is 15.4 Å². The SMILES string of the molecule is CCNC(=NCC1(c2ccc(F)cc2)CCC1)NC1CC2CCC1O2.I. The van der Waals surface area contributed by atoms with E-state index in [-0.39, 0.29) is 35.2 Å². The number of aliphatic imine (C=N–C) groups is 1. The summed E-state index contributed by atoms with van der Waals surface area (Å²) < 4.78 is 19.2. The van der Waals surface area contributed by atoms with Crippen LogP contribution in [-0.4, -0.2) is 37.3 Å². The Hall–Kier alpha value is -0.890. The highest BCUT2D eigenvalue weighted by Crippen LogP contribution is 2.44. The van der Waals surface area contributed by atoms with Gasteiger partial charge >= 0.3 is 0 Å². The lowest BCUT2D eigenvalue weighted by Gasteiger charge is -2.41. The lowest BCUT2D eigenvalue weighted by molar-refractivity contribution is 0.0992. The molecule has 1 aromatic carbocycles. The zero-order valence-electron chi connectivity index (χ0n) is 15.3. The second-order valence-electron chi connectivity index (χ2n) is 7.70. The number of ether oxygens (including phenoxy) is 1. The molecule has 1 aliphatic carbocycles. The molecule has 2 aliphatic heterocycles. The normalized spacial score (nSPS) is 29.0. The molecular weight excluding hydrogens is 444 g/mol. The highest BCUT2D eigenvalue weighted by atomic mass is 127. The Morgan fingerprint density at radius 1 is 1.27 bits per heavy atom. The maximum absolute atomic E-state index is 13.3. The summed E-state index contributed by atoms with van der Waals surface area (Å²) in [6, 6.07) is 7.35. The second-order valence-corrected chi connectivity index (χ2v) is 7.70. The van der Waals surface area contributed by atoms with Crippen LogP contribution in [0.3, 0.4) is 0 Å². The molecule has 2 N–H and O–H groups in total. The van der Waals surface area contributed by atoms with Crippen molar-refractivity contribution in [1.29, 1.82) is 0 Å². The van der Waals surface area contributed by atoms with Crippen LogP contribution in [0.15, 0.2) is 29.3 Å². The van der Waals surface area contributed by atoms with Crippen LogP contribution in [0.4, 0.5) is 4.39 Å². The molecule has 3 atom stereocenters. The molecule has 0 aromatic heterocycles. The monoisotopic (exact) mass is 473 g/mol. The van der Waals surface area contributed by atoms with Crippen molar-refractivity contribution in [2.75, 3.05) is 13.1 Å². The highest BCUT2D eigenvalue weighted by Gasteiger charge is 2.42. The fourth-order valence-electron chi connectivity index (χ4n) is 4.46. The van der Waals surface area contributed by atoms with E-state index in [4.69, 9.17) is 9.73 Å². The summed E-state index contributed by atoms with van der Waals surface area (Å²) in [4.78, 5) is 4.90. The van der Waals surface area contributed by atoms with Crippen LogP contribution in [-0.2, 0) is 10.2 Å². The van der Waals surface area contributed by atoms with Crippen molar-refractivity contribution in [2.24, 2.45) is 4.99 Å². The van der Waals surface area contributed by atoms with Gasteiger partial charge in [0.05, 0.1) is 24.8 Å². The van der Waals surface area contributed by atoms with Crippen LogP contribution in [0.1, 0.15) is 51.0 Å². The third kappa shape index (κ3) is 4.01. The predicted molar refractivity (Wildman–Crippen MR) is 113 cm³/mol. The lowest BCUT2D eigenvalue weighted by Crippen LogP contribution is -2.48. The quantitative estimate of drug-likeness (QED) is 0.389. The van der Waals surface area contributed by atoms with Gasteiger partial charge in [0.1, 0.15) is 5.82 Å². The molecule has 1 saturated carbocycles. The summed E-state index contributed by atoms with van der Waals surface area (Å²) in [5.41, 5.74) is 1.28. The Morgan fingerprint density at radius 3 is 2.58 bits per heavy atom. The molecule has 1 aromatic rings. The molecule has 0 radical (unpaired) electrons. The van der Waals surface area contributed by atoms with Crippen molar-refractivity contribution in [3.05, 3.63) is 35.6 Å². The molecule has 4 nitrogen and oxygen atoms in total. The second kappa shape index (κ2) is 8.42. The number of nitrogens with one attached hydrogen (secondary N) is 2. The van der Waals surface area contributed by atoms with E-state index < -0.39 is 0 Å². The largest absolute Gasteiger partial charge is 0.373 e. The molecule has 4 rings (SSSR count). The lowest BCUT2D eigenvalue weighted by atomic mass is 9.64. The number of hydrogen-bond acceptors (Lipinski definition) is 2. The molecule has 0 spiro atoms. The first-order valence-electron chi connectivity index (χ1n) is 9.65. The molecule has 2 saturated heterocycles. The van der Waals surface area contributed by atoms with Gasteiger partial charge in [0.15, 0.2) is 5.96 Å². The smallest absolute Gasteiger partial charge is 0.191 e. The number of fused-ring (bicyclic) bond motifs is 2. The molecule has 144 valence electrons. The highest BCUT2D eigenvalue weighted by molar-refractivity contribution is 14.0. The Morgan fingerprint density at radius 2 is 2.04 bits per heavy atom. The van der Waals surface area contributed by atoms with Gasteiger partial charge in [-0.05, 0) is 56.7 Å². The van der Waals surface area contributed by atoms with Crippen LogP contribution in [0.2, 0.25) is 0 Å². The third-order valence-electron chi connectivity index (χ3n) is 6.08. The van der Waals surface area contributed by atoms with Crippen molar-refractivity contribution in [1.82, 2.24) is 10.6 Å². The van der Waals surface area contributed by atoms with Crippen LogP contribution in [0.25, 0.3) is 0 Å². The first kappa shape index (κ1) is 19.9. The molecule has 3 aliphatic rings. The summed E-state index contributed by atoms with van der Waals surface area (Å²) in [6.07, 6.45) is 7.67. The van der Waals surface area contributed by atoms with Gasteiger partial charge in [-0.15, -0.1) is 24.0 Å². The molecule has 26 heavy (non-hydrogen) atoms. The Labute approximate surface area is 172 Å². The fourth-order valence-corrected chi connectivity index (χ4v) is 4.46. The van der Waals surface area contributed by atoms with Crippen molar-refractivity contribution < 1.29 is 9.13 Å². The van der Waals surface area contributed by atoms with Gasteiger partial charge in [0.25, 0.3) is 0 Å². The maximum atomic E-state index is 13.3. The maximum Gasteiger partial charge on any atom is 0.191 e. The van der Waals surface area contributed by atoms with E-state index >= 15 is 0 Å². The Kier molecular flexibility index (Phi) is 6.43. The molecular formula is C20H29FIN3O. The average molecular weight is 473 g/mol. The number of nitrogens with zero attached hydrogens (tertiary/aromatic N) is 1. The number of rotatable bonds is 5. The number of halogens is 2. The summed E-state index contributed by atoms with van der Waals surface area (Å²) in [5, 5.41) is 6.96. The molecule has 3 unspecified atom stereocenters. The number of benzene rings is 1. The van der Waals surface area contributed by atoms with E-state index in [9.17, 15) is 4.39 Å². The van der Waals surface area contributed by atoms with E-state index in [1.807, 2.05) is 12.1 Å². The minimum atomic E-state index is -0.173. The zero-order valence-corrected chi connectivity index (χ0v) is 17.7. The van der Waals surface area contributed by atoms with Gasteiger partial charge in [0, 0.05) is 12.0 Å². The predicted octanol–water partition coefficient (Wildman–Crippen LogP) is 3.74. The van der Waals surface area contributed by atoms with Gasteiger partial charge in [-0.25, -0.2) is 4.39 Å². The van der Waals surface area contributed by atoms with Crippen molar-refractivity contribution in [3.8, 4) is 0 Å². The van der Waals surface area contributed by atoms with Gasteiger partial charge in [-0.3, -0.25) is 4.99 Å². The van der Waals surface area contributed by atoms with Crippen LogP contribution in [0, 0.1) is 5.82 Å². The van der Waals surface area contributed by atoms with Gasteiger partial charge in [-0.2, -0.15) is 0 Å². The van der Waals surface area contributed by atoms with Gasteiger partial charge in [0.2, 0.25) is 0 Å². The van der Waals surface area contributed by atoms with E-state index in [0.29, 0.717) is 18.2 Å². The van der Waals surface area contributed by atoms with E-state index in [1.165, 1.54) is 18.4 Å². The summed E-state index contributed by atoms with van der Waals surface area (Å²) >= 11 is 0. The van der Waals surface area contributed by atoms with Crippen LogP contribution in [0.5, 0.6) is 0 Å². The van der Waals surface area contributed by atoms with Crippen LogP contribution < -0.4 is 10.6 Å². The van der Waals surface area contributed by atoms with Crippen molar-refractivity contribution >= 4 is 29.9 Å². The fraction of sp³-hybridized carbons (Fsp3) is 0.650. The molecule has 3 fully saturated rings. The average Bonchev–Trinajstić information content (AvgIpc) is 3.18. The van der Waals surface area contributed by atoms with E-state index in [0.717, 1.165) is 44.7 Å². The Balaban J connectivity index is 0.00000196. The topological polar surface area (TPSA) is 45.7 Å². The molecule has 2 heterocycles. The Bertz CT molecular complexity index is 632. The minimum Gasteiger partial charge on any atom is -0.373 e. The van der Waals surface area contributed by atoms with Crippen LogP contribution >= 0.6 is 24.0 Å². The first-order chi connectivity index (χ1) is 12.2. The number of guanidine groups is 1. The molecule has 6 heteroatoms. The van der Waals surface area contributed by atoms with Crippen molar-refractivity contribution in [3.63, 3.8) is 0 Å². The summed E-state index contributed by atoms with van der Waals surface area (Å²) in [6.45, 7) is 3.68. The molecule has 2 bridgehead atoms. The van der Waals surface area contributed by atoms with E-state index in [1.54, 1.807) is 12.1 Å². The van der Waals surface area contributed by atoms with Gasteiger partial charge in [-0.1, -0.05) is 18.6 Å². The first-order valence-corrected chi connectivity index (χ1v) is 9.65. The molecule has 0 amide bonds. The third-order valence-corrected chi connectivity index (χ3v) is 6.08. The number of hydrogen-bond donors (Lipinski definition) is 2. The summed E-state index contributed by atoms with van der Waals surface area (Å²) in [5.74, 6) is 0.713. The minimum absolute atomic E-state index is 0.